The third-order valence-electron chi connectivity index (χ3n) is 4.47. The van der Waals surface area contributed by atoms with Crippen molar-refractivity contribution in [2.24, 2.45) is 0 Å². The summed E-state index contributed by atoms with van der Waals surface area (Å²) in [6.45, 7) is 3.22. The molecule has 2 aromatic carbocycles. The summed E-state index contributed by atoms with van der Waals surface area (Å²) in [7, 11) is 1.59. The van der Waals surface area contributed by atoms with Gasteiger partial charge in [-0.2, -0.15) is 0 Å². The van der Waals surface area contributed by atoms with Gasteiger partial charge < -0.3 is 20.7 Å². The van der Waals surface area contributed by atoms with Crippen LogP contribution in [0.15, 0.2) is 47.4 Å². The van der Waals surface area contributed by atoms with Crippen LogP contribution < -0.4 is 16.0 Å². The fraction of sp³-hybridized carbons (Fsp3) is 0.333. The number of methoxy groups -OCH3 is 1. The van der Waals surface area contributed by atoms with Crippen molar-refractivity contribution in [3.8, 4) is 0 Å². The molecule has 0 unspecified atom stereocenters. The average Bonchev–Trinajstić information content (AvgIpc) is 3.19. The third kappa shape index (κ3) is 6.75. The molecule has 2 amide bonds. The first-order chi connectivity index (χ1) is 13.7. The van der Waals surface area contributed by atoms with Crippen LogP contribution in [0.5, 0.6) is 0 Å². The first-order valence-corrected chi connectivity index (χ1v) is 10.2. The minimum Gasteiger partial charge on any atom is -0.383 e. The number of thioether (sulfide) groups is 1. The first-order valence-electron chi connectivity index (χ1n) is 9.24. The Kier molecular flexibility index (Phi) is 9.47. The Morgan fingerprint density at radius 2 is 1.90 bits per heavy atom. The summed E-state index contributed by atoms with van der Waals surface area (Å²) in [6.07, 6.45) is 0. The van der Waals surface area contributed by atoms with Crippen molar-refractivity contribution in [3.05, 3.63) is 64.7 Å². The maximum Gasteiger partial charge on any atom is 0.252 e. The van der Waals surface area contributed by atoms with Crippen LogP contribution >= 0.6 is 24.2 Å². The van der Waals surface area contributed by atoms with Crippen molar-refractivity contribution in [3.63, 3.8) is 0 Å². The number of rotatable bonds is 9. The molecule has 0 spiro atoms. The fourth-order valence-corrected chi connectivity index (χ4v) is 3.88. The fourth-order valence-electron chi connectivity index (χ4n) is 3.00. The van der Waals surface area contributed by atoms with Crippen LogP contribution in [0.3, 0.4) is 0 Å². The lowest BCUT2D eigenvalue weighted by atomic mass is 10.1. The summed E-state index contributed by atoms with van der Waals surface area (Å²) in [4.78, 5) is 25.3. The van der Waals surface area contributed by atoms with E-state index in [2.05, 4.69) is 34.1 Å². The highest BCUT2D eigenvalue weighted by Crippen LogP contribution is 2.23. The Labute approximate surface area is 181 Å². The van der Waals surface area contributed by atoms with E-state index in [1.54, 1.807) is 13.2 Å². The predicted molar refractivity (Wildman–Crippen MR) is 117 cm³/mol. The normalized spacial score (nSPS) is 12.0. The van der Waals surface area contributed by atoms with Gasteiger partial charge >= 0.3 is 0 Å². The van der Waals surface area contributed by atoms with Gasteiger partial charge in [-0.15, -0.1) is 24.2 Å². The number of carbonyl (C=O) groups excluding carboxylic acids is 2. The zero-order chi connectivity index (χ0) is 19.8. The second kappa shape index (κ2) is 11.8. The monoisotopic (exact) mass is 435 g/mol. The van der Waals surface area contributed by atoms with Crippen molar-refractivity contribution >= 4 is 36.0 Å². The highest BCUT2D eigenvalue weighted by molar-refractivity contribution is 8.00. The number of amides is 2. The zero-order valence-corrected chi connectivity index (χ0v) is 18.0. The van der Waals surface area contributed by atoms with Crippen molar-refractivity contribution < 1.29 is 14.3 Å². The minimum absolute atomic E-state index is 0. The standard InChI is InChI=1S/C21H25N3O3S.ClH/c1-27-9-8-23-20(25)14-28-19-5-3-2-4-18(19)21(26)24-11-15-6-7-16-12-22-13-17(16)10-15;/h2-7,10,22H,8-9,11-14H2,1H3,(H,23,25)(H,24,26);1H. The lowest BCUT2D eigenvalue weighted by Gasteiger charge is -2.11. The zero-order valence-electron chi connectivity index (χ0n) is 16.3. The maximum absolute atomic E-state index is 12.7. The Balaban J connectivity index is 0.00000300. The molecule has 0 fully saturated rings. The van der Waals surface area contributed by atoms with Crippen LogP contribution in [-0.4, -0.2) is 37.8 Å². The van der Waals surface area contributed by atoms with Crippen LogP contribution in [-0.2, 0) is 29.2 Å². The molecule has 0 atom stereocenters. The molecule has 3 rings (SSSR count). The smallest absolute Gasteiger partial charge is 0.252 e. The van der Waals surface area contributed by atoms with E-state index in [9.17, 15) is 9.59 Å². The molecule has 29 heavy (non-hydrogen) atoms. The van der Waals surface area contributed by atoms with Gasteiger partial charge in [0.2, 0.25) is 5.91 Å². The van der Waals surface area contributed by atoms with E-state index in [1.807, 2.05) is 18.2 Å². The predicted octanol–water partition coefficient (Wildman–Crippen LogP) is 2.50. The van der Waals surface area contributed by atoms with E-state index in [4.69, 9.17) is 4.74 Å². The Hall–Kier alpha value is -2.06. The number of hydrogen-bond acceptors (Lipinski definition) is 5. The molecule has 156 valence electrons. The van der Waals surface area contributed by atoms with E-state index in [-0.39, 0.29) is 30.0 Å². The van der Waals surface area contributed by atoms with Crippen LogP contribution in [0.25, 0.3) is 0 Å². The Morgan fingerprint density at radius 3 is 2.72 bits per heavy atom. The van der Waals surface area contributed by atoms with E-state index < -0.39 is 0 Å². The van der Waals surface area contributed by atoms with Gasteiger partial charge in [0.25, 0.3) is 5.91 Å². The molecule has 3 N–H and O–H groups in total. The molecule has 0 saturated heterocycles. The van der Waals surface area contributed by atoms with Gasteiger partial charge in [0.05, 0.1) is 17.9 Å². The van der Waals surface area contributed by atoms with Crippen LogP contribution in [0.4, 0.5) is 0 Å². The van der Waals surface area contributed by atoms with Gasteiger partial charge in [-0.1, -0.05) is 30.3 Å². The molecular formula is C21H26ClN3O3S. The van der Waals surface area contributed by atoms with Crippen molar-refractivity contribution in [1.82, 2.24) is 16.0 Å². The molecule has 2 aromatic rings. The molecule has 0 saturated carbocycles. The van der Waals surface area contributed by atoms with E-state index >= 15 is 0 Å². The number of hydrogen-bond donors (Lipinski definition) is 3. The lowest BCUT2D eigenvalue weighted by Crippen LogP contribution is -2.28. The second-order valence-corrected chi connectivity index (χ2v) is 7.53. The Morgan fingerprint density at radius 1 is 1.10 bits per heavy atom. The number of ether oxygens (including phenoxy) is 1. The van der Waals surface area contributed by atoms with E-state index in [0.717, 1.165) is 23.5 Å². The molecular weight excluding hydrogens is 410 g/mol. The number of halogens is 1. The summed E-state index contributed by atoms with van der Waals surface area (Å²) >= 11 is 1.36. The molecule has 0 radical (unpaired) electrons. The summed E-state index contributed by atoms with van der Waals surface area (Å²) in [6, 6.07) is 13.7. The first kappa shape index (κ1) is 23.2. The van der Waals surface area contributed by atoms with Gasteiger partial charge in [0.15, 0.2) is 0 Å². The van der Waals surface area contributed by atoms with Crippen molar-refractivity contribution in [2.75, 3.05) is 26.0 Å². The van der Waals surface area contributed by atoms with E-state index in [1.165, 1.54) is 22.9 Å². The number of fused-ring (bicyclic) bond motifs is 1. The minimum atomic E-state index is -0.137. The number of benzene rings is 2. The quantitative estimate of drug-likeness (QED) is 0.416. The SMILES string of the molecule is COCCNC(=O)CSc1ccccc1C(=O)NCc1ccc2c(c1)CNC2.Cl. The average molecular weight is 436 g/mol. The molecule has 0 bridgehead atoms. The summed E-state index contributed by atoms with van der Waals surface area (Å²) in [5.74, 6) is 0.0387. The lowest BCUT2D eigenvalue weighted by molar-refractivity contribution is -0.118. The maximum atomic E-state index is 12.7. The summed E-state index contributed by atoms with van der Waals surface area (Å²) in [5, 5.41) is 9.09. The van der Waals surface area contributed by atoms with Gasteiger partial charge in [-0.25, -0.2) is 0 Å². The van der Waals surface area contributed by atoms with E-state index in [0.29, 0.717) is 25.3 Å². The van der Waals surface area contributed by atoms with Gasteiger partial charge in [-0.3, -0.25) is 9.59 Å². The number of nitrogens with one attached hydrogen (secondary N) is 3. The van der Waals surface area contributed by atoms with Crippen LogP contribution in [0.2, 0.25) is 0 Å². The molecule has 8 heteroatoms. The highest BCUT2D eigenvalue weighted by atomic mass is 35.5. The molecule has 1 aliphatic heterocycles. The largest absolute Gasteiger partial charge is 0.383 e. The topological polar surface area (TPSA) is 79.5 Å². The molecule has 6 nitrogen and oxygen atoms in total. The van der Waals surface area contributed by atoms with Gasteiger partial charge in [0.1, 0.15) is 0 Å². The van der Waals surface area contributed by atoms with Crippen LogP contribution in [0, 0.1) is 0 Å². The second-order valence-electron chi connectivity index (χ2n) is 6.52. The molecule has 0 aliphatic carbocycles. The van der Waals surface area contributed by atoms with Crippen molar-refractivity contribution in [1.29, 1.82) is 0 Å². The molecule has 1 aliphatic rings. The number of carbonyl (C=O) groups is 2. The molecule has 1 heterocycles. The summed E-state index contributed by atoms with van der Waals surface area (Å²) in [5.41, 5.74) is 4.28. The van der Waals surface area contributed by atoms with Gasteiger partial charge in [-0.05, 0) is 28.8 Å². The van der Waals surface area contributed by atoms with Crippen molar-refractivity contribution in [2.45, 2.75) is 24.5 Å². The Bertz CT molecular complexity index is 848. The van der Waals surface area contributed by atoms with Gasteiger partial charge in [0, 0.05) is 38.2 Å². The third-order valence-corrected chi connectivity index (χ3v) is 5.55. The summed E-state index contributed by atoms with van der Waals surface area (Å²) < 4.78 is 4.92. The van der Waals surface area contributed by atoms with Crippen LogP contribution in [0.1, 0.15) is 27.0 Å². The highest BCUT2D eigenvalue weighted by Gasteiger charge is 2.14. The molecule has 0 aromatic heterocycles.